The van der Waals surface area contributed by atoms with E-state index in [0.717, 1.165) is 25.3 Å². The summed E-state index contributed by atoms with van der Waals surface area (Å²) in [5.41, 5.74) is 7.58. The van der Waals surface area contributed by atoms with Gasteiger partial charge in [0.2, 0.25) is 0 Å². The molecule has 1 aliphatic heterocycles. The number of hydrogen-bond donors (Lipinski definition) is 1. The number of morpholine rings is 1. The highest BCUT2D eigenvalue weighted by atomic mass is 16.5. The summed E-state index contributed by atoms with van der Waals surface area (Å²) < 4.78 is 5.67. The Bertz CT molecular complexity index is 356. The van der Waals surface area contributed by atoms with Crippen LogP contribution in [0.5, 0.6) is 0 Å². The van der Waals surface area contributed by atoms with Crippen molar-refractivity contribution in [2.75, 3.05) is 23.8 Å². The van der Waals surface area contributed by atoms with Crippen LogP contribution in [0.1, 0.15) is 20.3 Å². The second-order valence-electron chi connectivity index (χ2n) is 4.33. The number of aromatic nitrogens is 1. The fourth-order valence-corrected chi connectivity index (χ4v) is 2.10. The first-order chi connectivity index (χ1) is 7.70. The van der Waals surface area contributed by atoms with Gasteiger partial charge in [0.05, 0.1) is 36.3 Å². The molecule has 1 aromatic rings. The van der Waals surface area contributed by atoms with Crippen LogP contribution in [0.3, 0.4) is 0 Å². The topological polar surface area (TPSA) is 51.4 Å². The Balaban J connectivity index is 2.22. The summed E-state index contributed by atoms with van der Waals surface area (Å²) in [4.78, 5) is 6.49. The Labute approximate surface area is 96.4 Å². The summed E-state index contributed by atoms with van der Waals surface area (Å²) in [6.07, 6.45) is 4.89. The zero-order chi connectivity index (χ0) is 11.5. The first-order valence-electron chi connectivity index (χ1n) is 5.79. The molecule has 2 N–H and O–H groups in total. The standard InChI is InChI=1S/C12H19N3O/c1-3-11-8-16-9(2)7-15(11)12-4-10(13)5-14-6-12/h4-6,9,11H,3,7-8,13H2,1-2H3. The average molecular weight is 221 g/mol. The van der Waals surface area contributed by atoms with Crippen LogP contribution in [0.2, 0.25) is 0 Å². The molecule has 2 rings (SSSR count). The highest BCUT2D eigenvalue weighted by Crippen LogP contribution is 2.23. The molecular weight excluding hydrogens is 202 g/mol. The van der Waals surface area contributed by atoms with Crippen molar-refractivity contribution in [3.63, 3.8) is 0 Å². The molecule has 2 atom stereocenters. The Morgan fingerprint density at radius 3 is 3.06 bits per heavy atom. The van der Waals surface area contributed by atoms with Gasteiger partial charge in [-0.15, -0.1) is 0 Å². The number of nitrogen functional groups attached to an aromatic ring is 1. The van der Waals surface area contributed by atoms with Gasteiger partial charge in [-0.2, -0.15) is 0 Å². The number of pyridine rings is 1. The molecule has 0 amide bonds. The lowest BCUT2D eigenvalue weighted by molar-refractivity contribution is 0.0299. The van der Waals surface area contributed by atoms with Gasteiger partial charge >= 0.3 is 0 Å². The molecule has 16 heavy (non-hydrogen) atoms. The first kappa shape index (κ1) is 11.2. The molecule has 1 aliphatic rings. The summed E-state index contributed by atoms with van der Waals surface area (Å²) in [6, 6.07) is 2.41. The van der Waals surface area contributed by atoms with Gasteiger partial charge in [0, 0.05) is 12.7 Å². The second-order valence-corrected chi connectivity index (χ2v) is 4.33. The predicted molar refractivity (Wildman–Crippen MR) is 65.5 cm³/mol. The lowest BCUT2D eigenvalue weighted by atomic mass is 10.1. The van der Waals surface area contributed by atoms with E-state index >= 15 is 0 Å². The predicted octanol–water partition coefficient (Wildman–Crippen LogP) is 1.67. The van der Waals surface area contributed by atoms with Gasteiger partial charge < -0.3 is 15.4 Å². The highest BCUT2D eigenvalue weighted by molar-refractivity contribution is 5.54. The molecule has 0 radical (unpaired) electrons. The van der Waals surface area contributed by atoms with Crippen LogP contribution in [0, 0.1) is 0 Å². The van der Waals surface area contributed by atoms with Gasteiger partial charge in [-0.1, -0.05) is 6.92 Å². The van der Waals surface area contributed by atoms with E-state index in [9.17, 15) is 0 Å². The van der Waals surface area contributed by atoms with E-state index in [1.165, 1.54) is 0 Å². The molecule has 4 heteroatoms. The zero-order valence-corrected chi connectivity index (χ0v) is 9.89. The van der Waals surface area contributed by atoms with Crippen LogP contribution in [-0.4, -0.2) is 30.3 Å². The molecule has 0 aromatic carbocycles. The monoisotopic (exact) mass is 221 g/mol. The Morgan fingerprint density at radius 2 is 2.38 bits per heavy atom. The van der Waals surface area contributed by atoms with Gasteiger partial charge in [0.15, 0.2) is 0 Å². The van der Waals surface area contributed by atoms with E-state index in [1.54, 1.807) is 6.20 Å². The summed E-state index contributed by atoms with van der Waals surface area (Å²) in [7, 11) is 0. The maximum absolute atomic E-state index is 5.77. The van der Waals surface area contributed by atoms with Gasteiger partial charge in [-0.3, -0.25) is 4.98 Å². The Hall–Kier alpha value is -1.29. The SMILES string of the molecule is CCC1COC(C)CN1c1cncc(N)c1. The van der Waals surface area contributed by atoms with E-state index in [0.29, 0.717) is 11.7 Å². The fraction of sp³-hybridized carbons (Fsp3) is 0.583. The van der Waals surface area contributed by atoms with Crippen LogP contribution in [0.15, 0.2) is 18.5 Å². The fourth-order valence-electron chi connectivity index (χ4n) is 2.10. The van der Waals surface area contributed by atoms with Crippen molar-refractivity contribution in [1.82, 2.24) is 4.98 Å². The zero-order valence-electron chi connectivity index (χ0n) is 9.89. The molecule has 2 heterocycles. The lowest BCUT2D eigenvalue weighted by Gasteiger charge is -2.39. The van der Waals surface area contributed by atoms with Crippen LogP contribution in [0.25, 0.3) is 0 Å². The third-order valence-electron chi connectivity index (χ3n) is 3.02. The third kappa shape index (κ3) is 2.27. The van der Waals surface area contributed by atoms with Gasteiger partial charge in [-0.25, -0.2) is 0 Å². The maximum Gasteiger partial charge on any atom is 0.0723 e. The minimum Gasteiger partial charge on any atom is -0.397 e. The minimum absolute atomic E-state index is 0.268. The largest absolute Gasteiger partial charge is 0.397 e. The van der Waals surface area contributed by atoms with Gasteiger partial charge in [0.1, 0.15) is 0 Å². The van der Waals surface area contributed by atoms with Crippen LogP contribution in [-0.2, 0) is 4.74 Å². The van der Waals surface area contributed by atoms with Crippen molar-refractivity contribution in [3.05, 3.63) is 18.5 Å². The van der Waals surface area contributed by atoms with E-state index in [-0.39, 0.29) is 6.10 Å². The van der Waals surface area contributed by atoms with Gasteiger partial charge in [-0.05, 0) is 19.4 Å². The van der Waals surface area contributed by atoms with Crippen LogP contribution in [0.4, 0.5) is 11.4 Å². The van der Waals surface area contributed by atoms with Gasteiger partial charge in [0.25, 0.3) is 0 Å². The van der Waals surface area contributed by atoms with E-state index in [1.807, 2.05) is 12.3 Å². The molecule has 1 fully saturated rings. The molecule has 0 saturated carbocycles. The first-order valence-corrected chi connectivity index (χ1v) is 5.79. The van der Waals surface area contributed by atoms with Crippen molar-refractivity contribution in [3.8, 4) is 0 Å². The number of anilines is 2. The van der Waals surface area contributed by atoms with Crippen molar-refractivity contribution in [2.45, 2.75) is 32.4 Å². The lowest BCUT2D eigenvalue weighted by Crippen LogP contribution is -2.48. The van der Waals surface area contributed by atoms with E-state index in [4.69, 9.17) is 10.5 Å². The highest BCUT2D eigenvalue weighted by Gasteiger charge is 2.25. The molecule has 0 bridgehead atoms. The number of hydrogen-bond acceptors (Lipinski definition) is 4. The quantitative estimate of drug-likeness (QED) is 0.825. The summed E-state index contributed by atoms with van der Waals surface area (Å²) in [5, 5.41) is 0. The molecular formula is C12H19N3O. The molecule has 2 unspecified atom stereocenters. The number of ether oxygens (including phenoxy) is 1. The normalized spacial score (nSPS) is 25.8. The molecule has 1 saturated heterocycles. The molecule has 88 valence electrons. The van der Waals surface area contributed by atoms with Crippen molar-refractivity contribution >= 4 is 11.4 Å². The number of nitrogens with two attached hydrogens (primary N) is 1. The van der Waals surface area contributed by atoms with E-state index in [2.05, 4.69) is 23.7 Å². The molecule has 4 nitrogen and oxygen atoms in total. The minimum atomic E-state index is 0.268. The van der Waals surface area contributed by atoms with Crippen molar-refractivity contribution in [2.24, 2.45) is 0 Å². The Kier molecular flexibility index (Phi) is 3.29. The molecule has 1 aromatic heterocycles. The second kappa shape index (κ2) is 4.70. The summed E-state index contributed by atoms with van der Waals surface area (Å²) in [6.45, 7) is 5.96. The average Bonchev–Trinajstić information content (AvgIpc) is 2.29. The van der Waals surface area contributed by atoms with Crippen molar-refractivity contribution in [1.29, 1.82) is 0 Å². The number of nitrogens with zero attached hydrogens (tertiary/aromatic N) is 2. The molecule has 0 spiro atoms. The Morgan fingerprint density at radius 1 is 1.56 bits per heavy atom. The summed E-state index contributed by atoms with van der Waals surface area (Å²) in [5.74, 6) is 0. The smallest absolute Gasteiger partial charge is 0.0723 e. The van der Waals surface area contributed by atoms with Crippen LogP contribution >= 0.6 is 0 Å². The molecule has 0 aliphatic carbocycles. The maximum atomic E-state index is 5.77. The van der Waals surface area contributed by atoms with Crippen LogP contribution < -0.4 is 10.6 Å². The van der Waals surface area contributed by atoms with E-state index < -0.39 is 0 Å². The van der Waals surface area contributed by atoms with Crippen molar-refractivity contribution < 1.29 is 4.74 Å². The summed E-state index contributed by atoms with van der Waals surface area (Å²) >= 11 is 0. The third-order valence-corrected chi connectivity index (χ3v) is 3.02. The number of rotatable bonds is 2.